The first kappa shape index (κ1) is 9.36. The fourth-order valence-electron chi connectivity index (χ4n) is 2.05. The number of aromatic nitrogens is 2. The molecule has 3 rings (SSSR count). The largest absolute Gasteiger partial charge is 0.368 e. The molecule has 0 unspecified atom stereocenters. The van der Waals surface area contributed by atoms with E-state index in [1.165, 1.54) is 24.6 Å². The van der Waals surface area contributed by atoms with Gasteiger partial charge in [-0.3, -0.25) is 0 Å². The lowest BCUT2D eigenvalue weighted by atomic mass is 10.2. The van der Waals surface area contributed by atoms with E-state index in [2.05, 4.69) is 13.6 Å². The highest BCUT2D eigenvalue weighted by molar-refractivity contribution is 7.00. The summed E-state index contributed by atoms with van der Waals surface area (Å²) in [7, 11) is 0. The Morgan fingerprint density at radius 1 is 1.20 bits per heavy atom. The highest BCUT2D eigenvalue weighted by Gasteiger charge is 2.19. The number of hydrogen-bond donors (Lipinski definition) is 0. The number of fused-ring (bicyclic) bond motifs is 1. The molecule has 0 bridgehead atoms. The molecular weight excluding hydrogens is 230 g/mol. The van der Waals surface area contributed by atoms with E-state index in [-0.39, 0.29) is 0 Å². The van der Waals surface area contributed by atoms with Crippen molar-refractivity contribution >= 4 is 40.0 Å². The SMILES string of the molecule is Clc1ccc2nsnc2c1N1CCCC1. The summed E-state index contributed by atoms with van der Waals surface area (Å²) in [6.45, 7) is 2.16. The van der Waals surface area contributed by atoms with Gasteiger partial charge in [0.05, 0.1) is 22.4 Å². The molecule has 0 spiro atoms. The van der Waals surface area contributed by atoms with Gasteiger partial charge in [-0.25, -0.2) is 0 Å². The van der Waals surface area contributed by atoms with E-state index in [0.717, 1.165) is 34.8 Å². The molecule has 1 aromatic heterocycles. The van der Waals surface area contributed by atoms with Gasteiger partial charge in [-0.05, 0) is 25.0 Å². The third kappa shape index (κ3) is 1.48. The van der Waals surface area contributed by atoms with Crippen LogP contribution in [0, 0.1) is 0 Å². The molecule has 0 aliphatic carbocycles. The molecular formula is C10H10ClN3S. The first-order chi connectivity index (χ1) is 7.36. The van der Waals surface area contributed by atoms with Crippen LogP contribution in [0.4, 0.5) is 5.69 Å². The number of benzene rings is 1. The Morgan fingerprint density at radius 3 is 2.80 bits per heavy atom. The number of rotatable bonds is 1. The molecule has 0 radical (unpaired) electrons. The van der Waals surface area contributed by atoms with Crippen molar-refractivity contribution in [2.75, 3.05) is 18.0 Å². The average Bonchev–Trinajstić information content (AvgIpc) is 2.85. The second kappa shape index (κ2) is 3.61. The van der Waals surface area contributed by atoms with Crippen molar-refractivity contribution in [1.82, 2.24) is 8.75 Å². The lowest BCUT2D eigenvalue weighted by Crippen LogP contribution is -2.18. The summed E-state index contributed by atoms with van der Waals surface area (Å²) in [5.41, 5.74) is 2.97. The van der Waals surface area contributed by atoms with Crippen molar-refractivity contribution in [3.63, 3.8) is 0 Å². The van der Waals surface area contributed by atoms with E-state index >= 15 is 0 Å². The van der Waals surface area contributed by atoms with Crippen LogP contribution < -0.4 is 4.90 Å². The van der Waals surface area contributed by atoms with Crippen LogP contribution in [0.25, 0.3) is 11.0 Å². The van der Waals surface area contributed by atoms with Crippen LogP contribution >= 0.6 is 23.3 Å². The molecule has 2 heterocycles. The molecule has 1 fully saturated rings. The van der Waals surface area contributed by atoms with Gasteiger partial charge < -0.3 is 4.90 Å². The summed E-state index contributed by atoms with van der Waals surface area (Å²) >= 11 is 7.48. The van der Waals surface area contributed by atoms with Crippen molar-refractivity contribution in [1.29, 1.82) is 0 Å². The molecule has 0 amide bonds. The predicted molar refractivity (Wildman–Crippen MR) is 63.9 cm³/mol. The number of anilines is 1. The first-order valence-corrected chi connectivity index (χ1v) is 6.13. The molecule has 3 nitrogen and oxygen atoms in total. The predicted octanol–water partition coefficient (Wildman–Crippen LogP) is 2.94. The van der Waals surface area contributed by atoms with Crippen LogP contribution in [-0.2, 0) is 0 Å². The van der Waals surface area contributed by atoms with Crippen molar-refractivity contribution in [3.05, 3.63) is 17.2 Å². The molecule has 2 aromatic rings. The van der Waals surface area contributed by atoms with Gasteiger partial charge in [0.2, 0.25) is 0 Å². The van der Waals surface area contributed by atoms with E-state index < -0.39 is 0 Å². The van der Waals surface area contributed by atoms with E-state index in [1.54, 1.807) is 0 Å². The topological polar surface area (TPSA) is 29.0 Å². The Bertz CT molecular complexity index is 490. The monoisotopic (exact) mass is 239 g/mol. The molecule has 1 aliphatic heterocycles. The summed E-state index contributed by atoms with van der Waals surface area (Å²) in [6.07, 6.45) is 2.48. The standard InChI is InChI=1S/C10H10ClN3S/c11-7-3-4-8-9(13-15-12-8)10(7)14-5-1-2-6-14/h3-4H,1-2,5-6H2. The zero-order chi connectivity index (χ0) is 10.3. The van der Waals surface area contributed by atoms with Gasteiger partial charge in [-0.15, -0.1) is 0 Å². The average molecular weight is 240 g/mol. The van der Waals surface area contributed by atoms with Crippen LogP contribution in [0.15, 0.2) is 12.1 Å². The van der Waals surface area contributed by atoms with Crippen LogP contribution in [0.3, 0.4) is 0 Å². The minimum absolute atomic E-state index is 0.789. The summed E-state index contributed by atoms with van der Waals surface area (Å²) in [6, 6.07) is 3.85. The molecule has 1 aromatic carbocycles. The van der Waals surface area contributed by atoms with E-state index in [4.69, 9.17) is 11.6 Å². The van der Waals surface area contributed by atoms with E-state index in [1.807, 2.05) is 12.1 Å². The Hall–Kier alpha value is -0.870. The van der Waals surface area contributed by atoms with Gasteiger partial charge >= 0.3 is 0 Å². The van der Waals surface area contributed by atoms with Crippen molar-refractivity contribution in [3.8, 4) is 0 Å². The molecule has 0 atom stereocenters. The maximum absolute atomic E-state index is 6.24. The third-order valence-electron chi connectivity index (χ3n) is 2.77. The van der Waals surface area contributed by atoms with Crippen LogP contribution in [0.5, 0.6) is 0 Å². The summed E-state index contributed by atoms with van der Waals surface area (Å²) < 4.78 is 8.57. The molecule has 78 valence electrons. The quantitative estimate of drug-likeness (QED) is 0.766. The second-order valence-electron chi connectivity index (χ2n) is 3.72. The Morgan fingerprint density at radius 2 is 2.00 bits per heavy atom. The summed E-state index contributed by atoms with van der Waals surface area (Å²) in [4.78, 5) is 2.31. The second-order valence-corrected chi connectivity index (χ2v) is 4.66. The van der Waals surface area contributed by atoms with Crippen molar-refractivity contribution < 1.29 is 0 Å². The Balaban J connectivity index is 2.21. The molecule has 5 heteroatoms. The minimum Gasteiger partial charge on any atom is -0.368 e. The zero-order valence-corrected chi connectivity index (χ0v) is 9.68. The van der Waals surface area contributed by atoms with Crippen LogP contribution in [0.2, 0.25) is 5.02 Å². The maximum Gasteiger partial charge on any atom is 0.129 e. The number of halogens is 1. The number of hydrogen-bond acceptors (Lipinski definition) is 4. The first-order valence-electron chi connectivity index (χ1n) is 5.02. The Kier molecular flexibility index (Phi) is 2.25. The van der Waals surface area contributed by atoms with Gasteiger partial charge in [-0.2, -0.15) is 8.75 Å². The lowest BCUT2D eigenvalue weighted by molar-refractivity contribution is 0.949. The van der Waals surface area contributed by atoms with Gasteiger partial charge in [0.15, 0.2) is 0 Å². The van der Waals surface area contributed by atoms with Gasteiger partial charge in [0.1, 0.15) is 11.0 Å². The maximum atomic E-state index is 6.24. The Labute approximate surface area is 97.0 Å². The van der Waals surface area contributed by atoms with E-state index in [0.29, 0.717) is 0 Å². The van der Waals surface area contributed by atoms with Gasteiger partial charge in [-0.1, -0.05) is 11.6 Å². The van der Waals surface area contributed by atoms with Crippen molar-refractivity contribution in [2.45, 2.75) is 12.8 Å². The van der Waals surface area contributed by atoms with Crippen LogP contribution in [-0.4, -0.2) is 21.8 Å². The lowest BCUT2D eigenvalue weighted by Gasteiger charge is -2.18. The van der Waals surface area contributed by atoms with Gasteiger partial charge in [0.25, 0.3) is 0 Å². The molecule has 1 aliphatic rings. The van der Waals surface area contributed by atoms with Gasteiger partial charge in [0, 0.05) is 13.1 Å². The molecule has 1 saturated heterocycles. The molecule has 0 saturated carbocycles. The number of nitrogens with zero attached hydrogens (tertiary/aromatic N) is 3. The third-order valence-corrected chi connectivity index (χ3v) is 3.62. The summed E-state index contributed by atoms with van der Waals surface area (Å²) in [5.74, 6) is 0. The fourth-order valence-corrected chi connectivity index (χ4v) is 2.86. The summed E-state index contributed by atoms with van der Waals surface area (Å²) in [5, 5.41) is 0.789. The van der Waals surface area contributed by atoms with Crippen LogP contribution in [0.1, 0.15) is 12.8 Å². The molecule has 0 N–H and O–H groups in total. The highest BCUT2D eigenvalue weighted by Crippen LogP contribution is 2.34. The molecule has 15 heavy (non-hydrogen) atoms. The smallest absolute Gasteiger partial charge is 0.129 e. The van der Waals surface area contributed by atoms with Crippen molar-refractivity contribution in [2.24, 2.45) is 0 Å². The normalized spacial score (nSPS) is 16.5. The fraction of sp³-hybridized carbons (Fsp3) is 0.400. The highest BCUT2D eigenvalue weighted by atomic mass is 35.5. The zero-order valence-electron chi connectivity index (χ0n) is 8.11. The van der Waals surface area contributed by atoms with E-state index in [9.17, 15) is 0 Å². The minimum atomic E-state index is 0.789.